The van der Waals surface area contributed by atoms with Crippen molar-refractivity contribution in [1.29, 1.82) is 0 Å². The topological polar surface area (TPSA) is 101 Å². The molecule has 1 saturated carbocycles. The van der Waals surface area contributed by atoms with Crippen LogP contribution < -0.4 is 0 Å². The third-order valence-corrected chi connectivity index (χ3v) is 2.61. The van der Waals surface area contributed by atoms with Crippen molar-refractivity contribution in [2.75, 3.05) is 0 Å². The van der Waals surface area contributed by atoms with E-state index in [4.69, 9.17) is 10.2 Å². The Morgan fingerprint density at radius 2 is 1.53 bits per heavy atom. The average molecular weight is 216 g/mol. The molecule has 2 N–H and O–H groups in total. The highest BCUT2D eigenvalue weighted by Gasteiger charge is 2.37. The molecule has 0 bridgehead atoms. The van der Waals surface area contributed by atoms with Crippen molar-refractivity contribution in [3.05, 3.63) is 0 Å². The zero-order valence-electron chi connectivity index (χ0n) is 7.96. The van der Waals surface area contributed by atoms with Gasteiger partial charge in [-0.25, -0.2) is 0 Å². The number of rotatable bonds is 4. The summed E-state index contributed by atoms with van der Waals surface area (Å²) in [5.74, 6) is -3.57. The quantitative estimate of drug-likeness (QED) is 0.647. The van der Waals surface area contributed by atoms with Crippen molar-refractivity contribution >= 4 is 18.4 Å². The van der Waals surface area contributed by atoms with Gasteiger partial charge in [-0.3, -0.25) is 14.4 Å². The molecular weight excluding hydrogens is 204 g/mol. The van der Waals surface area contributed by atoms with E-state index in [1.165, 1.54) is 0 Å². The van der Waals surface area contributed by atoms with E-state index in [9.17, 15) is 14.4 Å². The van der Waals surface area contributed by atoms with Crippen molar-refractivity contribution in [3.63, 3.8) is 0 Å². The normalized spacial score (nSPS) is 30.5. The minimum Gasteiger partial charge on any atom is -0.481 e. The summed E-state index contributed by atoms with van der Waals surface area (Å²) in [6.07, 6.45) is -0.113. The van der Waals surface area contributed by atoms with E-state index >= 15 is 0 Å². The molecule has 0 aromatic heterocycles. The van der Waals surface area contributed by atoms with E-state index < -0.39 is 29.9 Å². The number of aliphatic carboxylic acids is 2. The van der Waals surface area contributed by atoms with Gasteiger partial charge < -0.3 is 14.9 Å². The Hall–Kier alpha value is -1.59. The zero-order chi connectivity index (χ0) is 11.4. The van der Waals surface area contributed by atoms with Crippen LogP contribution in [0.25, 0.3) is 0 Å². The largest absolute Gasteiger partial charge is 0.481 e. The number of carboxylic acid groups (broad SMARTS) is 2. The first-order chi connectivity index (χ1) is 7.04. The van der Waals surface area contributed by atoms with Gasteiger partial charge in [0.2, 0.25) is 0 Å². The van der Waals surface area contributed by atoms with Crippen molar-refractivity contribution in [1.82, 2.24) is 0 Å². The van der Waals surface area contributed by atoms with Gasteiger partial charge in [-0.1, -0.05) is 0 Å². The summed E-state index contributed by atoms with van der Waals surface area (Å²) in [4.78, 5) is 31.6. The zero-order valence-corrected chi connectivity index (χ0v) is 7.96. The van der Waals surface area contributed by atoms with E-state index in [2.05, 4.69) is 4.74 Å². The Morgan fingerprint density at radius 3 is 1.87 bits per heavy atom. The van der Waals surface area contributed by atoms with Gasteiger partial charge in [-0.15, -0.1) is 0 Å². The average Bonchev–Trinajstić information content (AvgIpc) is 2.17. The van der Waals surface area contributed by atoms with E-state index in [1.807, 2.05) is 0 Å². The Morgan fingerprint density at radius 1 is 1.07 bits per heavy atom. The smallest absolute Gasteiger partial charge is 0.306 e. The highest BCUT2D eigenvalue weighted by atomic mass is 16.5. The summed E-state index contributed by atoms with van der Waals surface area (Å²) in [6, 6.07) is 0. The maximum absolute atomic E-state index is 10.7. The summed E-state index contributed by atoms with van der Waals surface area (Å²) < 4.78 is 4.64. The molecule has 0 radical (unpaired) electrons. The van der Waals surface area contributed by atoms with Crippen LogP contribution >= 0.6 is 0 Å². The lowest BCUT2D eigenvalue weighted by molar-refractivity contribution is -0.155. The standard InChI is InChI=1S/C9H12O6/c10-4-15-7-2-5(8(11)12)1-6(3-7)9(13)14/h4-7H,1-3H2,(H,11,12)(H,13,14)/t5-,6+,7?. The summed E-state index contributed by atoms with van der Waals surface area (Å²) in [5.41, 5.74) is 0. The highest BCUT2D eigenvalue weighted by molar-refractivity contribution is 5.74. The molecule has 0 aromatic rings. The number of carbonyl (C=O) groups is 3. The summed E-state index contributed by atoms with van der Waals surface area (Å²) >= 11 is 0. The number of hydrogen-bond donors (Lipinski definition) is 2. The van der Waals surface area contributed by atoms with Gasteiger partial charge in [0.25, 0.3) is 6.47 Å². The van der Waals surface area contributed by atoms with Crippen LogP contribution in [0.5, 0.6) is 0 Å². The van der Waals surface area contributed by atoms with Crippen LogP contribution in [-0.2, 0) is 19.1 Å². The van der Waals surface area contributed by atoms with Crippen LogP contribution in [0.2, 0.25) is 0 Å². The molecule has 0 aromatic carbocycles. The molecule has 0 spiro atoms. The molecule has 3 atom stereocenters. The number of ether oxygens (including phenoxy) is 1. The predicted molar refractivity (Wildman–Crippen MR) is 47.0 cm³/mol. The van der Waals surface area contributed by atoms with Crippen molar-refractivity contribution in [3.8, 4) is 0 Å². The second kappa shape index (κ2) is 4.77. The molecule has 0 saturated heterocycles. The fourth-order valence-corrected chi connectivity index (χ4v) is 1.86. The van der Waals surface area contributed by atoms with E-state index in [-0.39, 0.29) is 25.7 Å². The third kappa shape index (κ3) is 2.93. The first-order valence-corrected chi connectivity index (χ1v) is 4.59. The number of hydrogen-bond acceptors (Lipinski definition) is 4. The van der Waals surface area contributed by atoms with Crippen LogP contribution in [0.1, 0.15) is 19.3 Å². The second-order valence-electron chi connectivity index (χ2n) is 3.63. The molecule has 6 nitrogen and oxygen atoms in total. The van der Waals surface area contributed by atoms with Gasteiger partial charge in [-0.05, 0) is 19.3 Å². The number of carbonyl (C=O) groups excluding carboxylic acids is 1. The van der Waals surface area contributed by atoms with Gasteiger partial charge in [0, 0.05) is 0 Å². The first kappa shape index (κ1) is 11.5. The van der Waals surface area contributed by atoms with E-state index in [0.29, 0.717) is 0 Å². The van der Waals surface area contributed by atoms with Crippen molar-refractivity contribution in [2.45, 2.75) is 25.4 Å². The Bertz CT molecular complexity index is 252. The number of carboxylic acids is 2. The van der Waals surface area contributed by atoms with Crippen molar-refractivity contribution < 1.29 is 29.3 Å². The molecule has 1 fully saturated rings. The molecule has 0 aliphatic heterocycles. The fraction of sp³-hybridized carbons (Fsp3) is 0.667. The van der Waals surface area contributed by atoms with Gasteiger partial charge >= 0.3 is 11.9 Å². The molecule has 84 valence electrons. The maximum atomic E-state index is 10.7. The molecule has 0 heterocycles. The monoisotopic (exact) mass is 216 g/mol. The lowest BCUT2D eigenvalue weighted by Crippen LogP contribution is -2.35. The lowest BCUT2D eigenvalue weighted by Gasteiger charge is -2.29. The second-order valence-corrected chi connectivity index (χ2v) is 3.63. The lowest BCUT2D eigenvalue weighted by atomic mass is 9.80. The summed E-state index contributed by atoms with van der Waals surface area (Å²) in [6.45, 7) is 0.230. The van der Waals surface area contributed by atoms with Gasteiger partial charge in [-0.2, -0.15) is 0 Å². The molecule has 1 rings (SSSR count). The predicted octanol–water partition coefficient (Wildman–Crippen LogP) is 0.113. The summed E-state index contributed by atoms with van der Waals surface area (Å²) in [5, 5.41) is 17.6. The highest BCUT2D eigenvalue weighted by Crippen LogP contribution is 2.31. The molecule has 0 amide bonds. The molecule has 1 aliphatic carbocycles. The van der Waals surface area contributed by atoms with Crippen LogP contribution in [-0.4, -0.2) is 34.7 Å². The van der Waals surface area contributed by atoms with Gasteiger partial charge in [0.05, 0.1) is 11.8 Å². The maximum Gasteiger partial charge on any atom is 0.306 e. The van der Waals surface area contributed by atoms with Gasteiger partial charge in [0.15, 0.2) is 0 Å². The summed E-state index contributed by atoms with van der Waals surface area (Å²) in [7, 11) is 0. The molecule has 1 aliphatic rings. The first-order valence-electron chi connectivity index (χ1n) is 4.59. The molecular formula is C9H12O6. The van der Waals surface area contributed by atoms with Crippen LogP contribution in [0.4, 0.5) is 0 Å². The minimum absolute atomic E-state index is 0.101. The minimum atomic E-state index is -1.04. The van der Waals surface area contributed by atoms with E-state index in [0.717, 1.165) is 0 Å². The van der Waals surface area contributed by atoms with Crippen LogP contribution in [0, 0.1) is 11.8 Å². The molecule has 15 heavy (non-hydrogen) atoms. The SMILES string of the molecule is O=COC1C[C@@H](C(=O)O)C[C@@H](C(=O)O)C1. The van der Waals surface area contributed by atoms with Crippen molar-refractivity contribution in [2.24, 2.45) is 11.8 Å². The molecule has 6 heteroatoms. The Kier molecular flexibility index (Phi) is 3.65. The Labute approximate surface area is 85.8 Å². The third-order valence-electron chi connectivity index (χ3n) is 2.61. The Balaban J connectivity index is 2.67. The fourth-order valence-electron chi connectivity index (χ4n) is 1.86. The van der Waals surface area contributed by atoms with E-state index in [1.54, 1.807) is 0 Å². The van der Waals surface area contributed by atoms with Crippen LogP contribution in [0.15, 0.2) is 0 Å². The van der Waals surface area contributed by atoms with Gasteiger partial charge in [0.1, 0.15) is 6.10 Å². The van der Waals surface area contributed by atoms with Crippen LogP contribution in [0.3, 0.4) is 0 Å². The molecule has 1 unspecified atom stereocenters.